The van der Waals surface area contributed by atoms with E-state index in [4.69, 9.17) is 4.74 Å². The third-order valence-electron chi connectivity index (χ3n) is 4.75. The molecule has 1 atom stereocenters. The van der Waals surface area contributed by atoms with Crippen LogP contribution in [-0.2, 0) is 11.3 Å². The molecule has 1 saturated heterocycles. The molecule has 1 N–H and O–H groups in total. The van der Waals surface area contributed by atoms with Gasteiger partial charge in [0.05, 0.1) is 19.3 Å². The van der Waals surface area contributed by atoms with Crippen molar-refractivity contribution in [2.45, 2.75) is 31.9 Å². The van der Waals surface area contributed by atoms with E-state index in [0.717, 1.165) is 25.7 Å². The summed E-state index contributed by atoms with van der Waals surface area (Å²) in [5.74, 6) is 0.901. The van der Waals surface area contributed by atoms with E-state index in [-0.39, 0.29) is 0 Å². The summed E-state index contributed by atoms with van der Waals surface area (Å²) in [6, 6.07) is 9.04. The van der Waals surface area contributed by atoms with Gasteiger partial charge < -0.3 is 15.0 Å². The van der Waals surface area contributed by atoms with Crippen molar-refractivity contribution in [1.29, 1.82) is 0 Å². The summed E-state index contributed by atoms with van der Waals surface area (Å²) in [6.07, 6.45) is 4.01. The fourth-order valence-electron chi connectivity index (χ4n) is 3.36. The smallest absolute Gasteiger partial charge is 0.0721 e. The second-order valence-electron chi connectivity index (χ2n) is 6.26. The number of benzene rings is 1. The molecule has 0 spiro atoms. The topological polar surface area (TPSA) is 24.5 Å². The van der Waals surface area contributed by atoms with Gasteiger partial charge in [0.25, 0.3) is 0 Å². The lowest BCUT2D eigenvalue weighted by atomic mass is 9.93. The predicted octanol–water partition coefficient (Wildman–Crippen LogP) is 2.58. The third-order valence-corrected chi connectivity index (χ3v) is 4.75. The highest BCUT2D eigenvalue weighted by Crippen LogP contribution is 2.25. The van der Waals surface area contributed by atoms with Crippen LogP contribution >= 0.6 is 0 Å². The minimum absolute atomic E-state index is 0.381. The molecule has 0 bridgehead atoms. The van der Waals surface area contributed by atoms with E-state index in [1.54, 1.807) is 0 Å². The maximum Gasteiger partial charge on any atom is 0.0721 e. The Balaban J connectivity index is 1.47. The zero-order chi connectivity index (χ0) is 13.8. The summed E-state index contributed by atoms with van der Waals surface area (Å²) in [7, 11) is 2.23. The number of rotatable bonds is 4. The average Bonchev–Trinajstić information content (AvgIpc) is 2.49. The molecular formula is C17H26N2O. The maximum atomic E-state index is 5.70. The molecule has 3 rings (SSSR count). The number of nitrogens with one attached hydrogen (secondary N) is 1. The Kier molecular flexibility index (Phi) is 4.71. The first kappa shape index (κ1) is 14.1. The molecular weight excluding hydrogens is 248 g/mol. The second kappa shape index (κ2) is 6.70. The van der Waals surface area contributed by atoms with Crippen LogP contribution < -0.4 is 5.32 Å². The molecule has 0 aromatic heterocycles. The molecule has 20 heavy (non-hydrogen) atoms. The van der Waals surface area contributed by atoms with Crippen molar-refractivity contribution in [2.24, 2.45) is 5.92 Å². The minimum Gasteiger partial charge on any atom is -0.375 e. The van der Waals surface area contributed by atoms with Crippen LogP contribution in [0.4, 0.5) is 0 Å². The third kappa shape index (κ3) is 3.40. The van der Waals surface area contributed by atoms with E-state index in [2.05, 4.69) is 41.5 Å². The largest absolute Gasteiger partial charge is 0.375 e. The van der Waals surface area contributed by atoms with Crippen LogP contribution in [-0.4, -0.2) is 38.2 Å². The molecule has 0 radical (unpaired) electrons. The van der Waals surface area contributed by atoms with Crippen molar-refractivity contribution in [3.05, 3.63) is 35.4 Å². The van der Waals surface area contributed by atoms with Crippen molar-refractivity contribution in [3.8, 4) is 0 Å². The monoisotopic (exact) mass is 274 g/mol. The summed E-state index contributed by atoms with van der Waals surface area (Å²) >= 11 is 0. The van der Waals surface area contributed by atoms with Crippen molar-refractivity contribution in [3.63, 3.8) is 0 Å². The van der Waals surface area contributed by atoms with Crippen LogP contribution in [0, 0.1) is 5.92 Å². The highest BCUT2D eigenvalue weighted by Gasteiger charge is 2.21. The highest BCUT2D eigenvalue weighted by molar-refractivity contribution is 5.30. The van der Waals surface area contributed by atoms with Gasteiger partial charge in [0, 0.05) is 0 Å². The van der Waals surface area contributed by atoms with E-state index in [0.29, 0.717) is 6.04 Å². The van der Waals surface area contributed by atoms with E-state index < -0.39 is 0 Å². The Bertz CT molecular complexity index is 427. The van der Waals surface area contributed by atoms with E-state index in [1.807, 2.05) is 0 Å². The molecule has 110 valence electrons. The molecule has 1 fully saturated rings. The Morgan fingerprint density at radius 3 is 2.90 bits per heavy atom. The fraction of sp³-hybridized carbons (Fsp3) is 0.647. The second-order valence-corrected chi connectivity index (χ2v) is 6.26. The normalized spacial score (nSPS) is 24.6. The van der Waals surface area contributed by atoms with Crippen LogP contribution in [0.3, 0.4) is 0 Å². The molecule has 2 heterocycles. The van der Waals surface area contributed by atoms with Gasteiger partial charge in [0.2, 0.25) is 0 Å². The summed E-state index contributed by atoms with van der Waals surface area (Å²) < 4.78 is 5.70. The lowest BCUT2D eigenvalue weighted by Gasteiger charge is -2.30. The Morgan fingerprint density at radius 1 is 1.25 bits per heavy atom. The fourth-order valence-corrected chi connectivity index (χ4v) is 3.36. The molecule has 0 saturated carbocycles. The van der Waals surface area contributed by atoms with Gasteiger partial charge in [-0.05, 0) is 63.0 Å². The first-order valence-corrected chi connectivity index (χ1v) is 7.90. The molecule has 3 nitrogen and oxygen atoms in total. The summed E-state index contributed by atoms with van der Waals surface area (Å²) in [5.41, 5.74) is 2.78. The number of hydrogen-bond acceptors (Lipinski definition) is 3. The molecule has 1 unspecified atom stereocenters. The Labute approximate surface area is 122 Å². The van der Waals surface area contributed by atoms with Gasteiger partial charge in [0.15, 0.2) is 0 Å². The van der Waals surface area contributed by atoms with Crippen LogP contribution in [0.5, 0.6) is 0 Å². The zero-order valence-electron chi connectivity index (χ0n) is 12.5. The summed E-state index contributed by atoms with van der Waals surface area (Å²) in [6.45, 7) is 5.21. The van der Waals surface area contributed by atoms with Crippen molar-refractivity contribution in [2.75, 3.05) is 33.3 Å². The molecule has 1 aromatic carbocycles. The number of likely N-dealkylation sites (tertiary alicyclic amines) is 1. The Hall–Kier alpha value is -0.900. The average molecular weight is 274 g/mol. The molecule has 0 amide bonds. The van der Waals surface area contributed by atoms with Crippen molar-refractivity contribution >= 4 is 0 Å². The zero-order valence-corrected chi connectivity index (χ0v) is 12.5. The van der Waals surface area contributed by atoms with Gasteiger partial charge in [-0.1, -0.05) is 24.3 Å². The van der Waals surface area contributed by atoms with Gasteiger partial charge in [-0.25, -0.2) is 0 Å². The standard InChI is InChI=1S/C17H26N2O/c1-19-10-7-14(8-11-19)6-9-18-17-13-20-12-15-4-2-3-5-16(15)17/h2-5,14,17-18H,6-13H2,1H3. The SMILES string of the molecule is CN1CCC(CCNC2COCc3ccccc32)CC1. The highest BCUT2D eigenvalue weighted by atomic mass is 16.5. The number of hydrogen-bond donors (Lipinski definition) is 1. The van der Waals surface area contributed by atoms with E-state index in [9.17, 15) is 0 Å². The van der Waals surface area contributed by atoms with Crippen LogP contribution in [0.1, 0.15) is 36.4 Å². The maximum absolute atomic E-state index is 5.70. The van der Waals surface area contributed by atoms with Gasteiger partial charge >= 0.3 is 0 Å². The van der Waals surface area contributed by atoms with Crippen LogP contribution in [0.15, 0.2) is 24.3 Å². The van der Waals surface area contributed by atoms with Crippen LogP contribution in [0.25, 0.3) is 0 Å². The molecule has 1 aromatic rings. The van der Waals surface area contributed by atoms with E-state index >= 15 is 0 Å². The molecule has 2 aliphatic heterocycles. The minimum atomic E-state index is 0.381. The van der Waals surface area contributed by atoms with Crippen molar-refractivity contribution < 1.29 is 4.74 Å². The van der Waals surface area contributed by atoms with Gasteiger partial charge in [0.1, 0.15) is 0 Å². The first-order chi connectivity index (χ1) is 9.83. The van der Waals surface area contributed by atoms with Gasteiger partial charge in [-0.2, -0.15) is 0 Å². The first-order valence-electron chi connectivity index (χ1n) is 7.90. The molecule has 3 heteroatoms. The van der Waals surface area contributed by atoms with Crippen LogP contribution in [0.2, 0.25) is 0 Å². The predicted molar refractivity (Wildman–Crippen MR) is 81.7 cm³/mol. The lowest BCUT2D eigenvalue weighted by Crippen LogP contribution is -2.34. The van der Waals surface area contributed by atoms with Gasteiger partial charge in [-0.3, -0.25) is 0 Å². The Morgan fingerprint density at radius 2 is 2.05 bits per heavy atom. The van der Waals surface area contributed by atoms with E-state index in [1.165, 1.54) is 43.5 Å². The van der Waals surface area contributed by atoms with Gasteiger partial charge in [-0.15, -0.1) is 0 Å². The summed E-state index contributed by atoms with van der Waals surface area (Å²) in [4.78, 5) is 2.44. The number of fused-ring (bicyclic) bond motifs is 1. The molecule has 2 aliphatic rings. The summed E-state index contributed by atoms with van der Waals surface area (Å²) in [5, 5.41) is 3.70. The number of nitrogens with zero attached hydrogens (tertiary/aromatic N) is 1. The quantitative estimate of drug-likeness (QED) is 0.913. The number of piperidine rings is 1. The number of ether oxygens (including phenoxy) is 1. The molecule has 0 aliphatic carbocycles. The van der Waals surface area contributed by atoms with Crippen molar-refractivity contribution in [1.82, 2.24) is 10.2 Å². The lowest BCUT2D eigenvalue weighted by molar-refractivity contribution is 0.0813.